The van der Waals surface area contributed by atoms with Gasteiger partial charge in [-0.05, 0) is 48.2 Å². The third-order valence-corrected chi connectivity index (χ3v) is 2.81. The zero-order chi connectivity index (χ0) is 11.4. The molecule has 0 aliphatic carbocycles. The zero-order valence-corrected chi connectivity index (χ0v) is 9.74. The van der Waals surface area contributed by atoms with E-state index in [-0.39, 0.29) is 0 Å². The van der Waals surface area contributed by atoms with Crippen LogP contribution in [0.3, 0.4) is 0 Å². The Bertz CT molecular complexity index is 462. The predicted octanol–water partition coefficient (Wildman–Crippen LogP) is 3.71. The Balaban J connectivity index is 1.99. The van der Waals surface area contributed by atoms with Crippen molar-refractivity contribution in [1.82, 2.24) is 0 Å². The molecule has 0 aliphatic heterocycles. The van der Waals surface area contributed by atoms with Gasteiger partial charge in [-0.15, -0.1) is 0 Å². The van der Waals surface area contributed by atoms with Crippen molar-refractivity contribution in [3.63, 3.8) is 0 Å². The van der Waals surface area contributed by atoms with E-state index in [1.165, 1.54) is 11.1 Å². The highest BCUT2D eigenvalue weighted by atomic mass is 35.5. The van der Waals surface area contributed by atoms with Gasteiger partial charge in [0, 0.05) is 10.7 Å². The van der Waals surface area contributed by atoms with Gasteiger partial charge in [0.1, 0.15) is 0 Å². The van der Waals surface area contributed by atoms with Crippen LogP contribution in [-0.4, -0.2) is 0 Å². The van der Waals surface area contributed by atoms with E-state index in [1.807, 2.05) is 30.3 Å². The van der Waals surface area contributed by atoms with Crippen LogP contribution in [0.2, 0.25) is 5.02 Å². The molecule has 2 N–H and O–H groups in total. The number of halogens is 1. The molecule has 0 saturated heterocycles. The molecule has 2 heteroatoms. The van der Waals surface area contributed by atoms with E-state index in [0.29, 0.717) is 0 Å². The maximum absolute atomic E-state index is 5.93. The molecule has 0 aromatic heterocycles. The van der Waals surface area contributed by atoms with Crippen molar-refractivity contribution in [3.8, 4) is 0 Å². The molecule has 0 bridgehead atoms. The lowest BCUT2D eigenvalue weighted by molar-refractivity contribution is 0.961. The smallest absolute Gasteiger partial charge is 0.0408 e. The van der Waals surface area contributed by atoms with Gasteiger partial charge in [0.05, 0.1) is 0 Å². The average Bonchev–Trinajstić information content (AvgIpc) is 2.28. The summed E-state index contributed by atoms with van der Waals surface area (Å²) in [5.41, 5.74) is 9.02. The minimum absolute atomic E-state index is 0.801. The fraction of sp³-hybridized carbons (Fsp3) is 0.143. The molecule has 0 radical (unpaired) electrons. The molecule has 0 atom stereocenters. The first kappa shape index (κ1) is 11.0. The first-order valence-electron chi connectivity index (χ1n) is 5.33. The summed E-state index contributed by atoms with van der Waals surface area (Å²) in [4.78, 5) is 0. The fourth-order valence-electron chi connectivity index (χ4n) is 1.67. The molecule has 0 unspecified atom stereocenters. The van der Waals surface area contributed by atoms with Gasteiger partial charge < -0.3 is 5.73 Å². The Labute approximate surface area is 101 Å². The van der Waals surface area contributed by atoms with Gasteiger partial charge in [0.25, 0.3) is 0 Å². The lowest BCUT2D eigenvalue weighted by atomic mass is 10.0. The van der Waals surface area contributed by atoms with E-state index in [4.69, 9.17) is 17.3 Å². The Morgan fingerprint density at radius 2 is 1.56 bits per heavy atom. The molecular formula is C14H14ClN. The van der Waals surface area contributed by atoms with Crippen LogP contribution in [0.4, 0.5) is 5.69 Å². The van der Waals surface area contributed by atoms with Crippen LogP contribution in [0, 0.1) is 0 Å². The number of nitrogen functional groups attached to an aromatic ring is 1. The number of hydrogen-bond donors (Lipinski definition) is 1. The van der Waals surface area contributed by atoms with Crippen LogP contribution < -0.4 is 5.73 Å². The van der Waals surface area contributed by atoms with E-state index >= 15 is 0 Å². The maximum atomic E-state index is 5.93. The SMILES string of the molecule is Nc1ccc(CCc2cccc(Cl)c2)cc1. The Morgan fingerprint density at radius 1 is 0.875 bits per heavy atom. The van der Waals surface area contributed by atoms with E-state index in [9.17, 15) is 0 Å². The van der Waals surface area contributed by atoms with Crippen molar-refractivity contribution in [2.45, 2.75) is 12.8 Å². The predicted molar refractivity (Wildman–Crippen MR) is 69.7 cm³/mol. The summed E-state index contributed by atoms with van der Waals surface area (Å²) in [6.07, 6.45) is 2.02. The monoisotopic (exact) mass is 231 g/mol. The average molecular weight is 232 g/mol. The summed E-state index contributed by atoms with van der Waals surface area (Å²) >= 11 is 5.93. The highest BCUT2D eigenvalue weighted by Crippen LogP contribution is 2.14. The summed E-state index contributed by atoms with van der Waals surface area (Å²) in [5, 5.41) is 0.801. The highest BCUT2D eigenvalue weighted by Gasteiger charge is 1.96. The molecule has 0 spiro atoms. The number of nitrogens with two attached hydrogens (primary N) is 1. The topological polar surface area (TPSA) is 26.0 Å². The normalized spacial score (nSPS) is 10.3. The number of anilines is 1. The van der Waals surface area contributed by atoms with Gasteiger partial charge in [-0.1, -0.05) is 35.9 Å². The number of rotatable bonds is 3. The summed E-state index contributed by atoms with van der Waals surface area (Å²) < 4.78 is 0. The lowest BCUT2D eigenvalue weighted by Gasteiger charge is -2.03. The largest absolute Gasteiger partial charge is 0.399 e. The number of aryl methyl sites for hydroxylation is 2. The quantitative estimate of drug-likeness (QED) is 0.801. The number of hydrogen-bond acceptors (Lipinski definition) is 1. The molecule has 82 valence electrons. The van der Waals surface area contributed by atoms with Gasteiger partial charge in [-0.3, -0.25) is 0 Å². The standard InChI is InChI=1S/C14H14ClN/c15-13-3-1-2-12(10-13)5-4-11-6-8-14(16)9-7-11/h1-3,6-10H,4-5,16H2. The van der Waals surface area contributed by atoms with Gasteiger partial charge in [0.2, 0.25) is 0 Å². The molecule has 16 heavy (non-hydrogen) atoms. The molecule has 2 rings (SSSR count). The third kappa shape index (κ3) is 3.01. The minimum Gasteiger partial charge on any atom is -0.399 e. The summed E-state index contributed by atoms with van der Waals surface area (Å²) in [6, 6.07) is 16.0. The Morgan fingerprint density at radius 3 is 2.25 bits per heavy atom. The molecule has 0 amide bonds. The van der Waals surface area contributed by atoms with Crippen LogP contribution in [0.1, 0.15) is 11.1 Å². The minimum atomic E-state index is 0.801. The van der Waals surface area contributed by atoms with E-state index < -0.39 is 0 Å². The van der Waals surface area contributed by atoms with Crippen LogP contribution >= 0.6 is 11.6 Å². The van der Waals surface area contributed by atoms with Crippen molar-refractivity contribution in [2.75, 3.05) is 5.73 Å². The van der Waals surface area contributed by atoms with E-state index in [1.54, 1.807) is 0 Å². The van der Waals surface area contributed by atoms with Crippen molar-refractivity contribution in [2.24, 2.45) is 0 Å². The Hall–Kier alpha value is -1.47. The van der Waals surface area contributed by atoms with Gasteiger partial charge in [0.15, 0.2) is 0 Å². The molecular weight excluding hydrogens is 218 g/mol. The van der Waals surface area contributed by atoms with Crippen molar-refractivity contribution < 1.29 is 0 Å². The second-order valence-corrected chi connectivity index (χ2v) is 4.31. The molecule has 0 aliphatic rings. The first-order valence-corrected chi connectivity index (χ1v) is 5.71. The first-order chi connectivity index (χ1) is 7.74. The third-order valence-electron chi connectivity index (χ3n) is 2.57. The second-order valence-electron chi connectivity index (χ2n) is 3.87. The van der Waals surface area contributed by atoms with Crippen molar-refractivity contribution >= 4 is 17.3 Å². The molecule has 0 heterocycles. The van der Waals surface area contributed by atoms with Gasteiger partial charge in [-0.25, -0.2) is 0 Å². The van der Waals surface area contributed by atoms with Crippen molar-refractivity contribution in [3.05, 3.63) is 64.7 Å². The summed E-state index contributed by atoms with van der Waals surface area (Å²) in [7, 11) is 0. The number of benzene rings is 2. The van der Waals surface area contributed by atoms with Crippen molar-refractivity contribution in [1.29, 1.82) is 0 Å². The molecule has 0 saturated carbocycles. The van der Waals surface area contributed by atoms with Crippen LogP contribution in [0.5, 0.6) is 0 Å². The van der Waals surface area contributed by atoms with E-state index in [2.05, 4.69) is 18.2 Å². The molecule has 2 aromatic carbocycles. The van der Waals surface area contributed by atoms with Gasteiger partial charge >= 0.3 is 0 Å². The van der Waals surface area contributed by atoms with Crippen LogP contribution in [0.25, 0.3) is 0 Å². The molecule has 0 fully saturated rings. The molecule has 2 aromatic rings. The van der Waals surface area contributed by atoms with Crippen LogP contribution in [0.15, 0.2) is 48.5 Å². The maximum Gasteiger partial charge on any atom is 0.0408 e. The Kier molecular flexibility index (Phi) is 3.47. The van der Waals surface area contributed by atoms with Gasteiger partial charge in [-0.2, -0.15) is 0 Å². The molecule has 1 nitrogen and oxygen atoms in total. The zero-order valence-electron chi connectivity index (χ0n) is 8.99. The summed E-state index contributed by atoms with van der Waals surface area (Å²) in [5.74, 6) is 0. The van der Waals surface area contributed by atoms with Crippen LogP contribution in [-0.2, 0) is 12.8 Å². The van der Waals surface area contributed by atoms with E-state index in [0.717, 1.165) is 23.6 Å². The lowest BCUT2D eigenvalue weighted by Crippen LogP contribution is -1.92. The fourth-order valence-corrected chi connectivity index (χ4v) is 1.88. The highest BCUT2D eigenvalue weighted by molar-refractivity contribution is 6.30. The second kappa shape index (κ2) is 5.04. The summed E-state index contributed by atoms with van der Waals surface area (Å²) in [6.45, 7) is 0.